The zero-order valence-electron chi connectivity index (χ0n) is 10.9. The minimum absolute atomic E-state index is 0.428. The summed E-state index contributed by atoms with van der Waals surface area (Å²) in [6.07, 6.45) is 0. The molecule has 0 aliphatic carbocycles. The van der Waals surface area contributed by atoms with Crippen LogP contribution in [-0.4, -0.2) is 4.21 Å². The third-order valence-electron chi connectivity index (χ3n) is 3.02. The smallest absolute Gasteiger partial charge is 0.0578 e. The predicted molar refractivity (Wildman–Crippen MR) is 84.6 cm³/mol. The maximum Gasteiger partial charge on any atom is 0.0578 e. The molecule has 2 rings (SSSR count). The molecule has 0 aliphatic rings. The first-order valence-electron chi connectivity index (χ1n) is 5.97. The maximum atomic E-state index is 12.5. The van der Waals surface area contributed by atoms with E-state index in [9.17, 15) is 4.21 Å². The molecule has 2 N–H and O–H groups in total. The van der Waals surface area contributed by atoms with Gasteiger partial charge >= 0.3 is 0 Å². The van der Waals surface area contributed by atoms with Crippen LogP contribution in [0, 0.1) is 13.8 Å². The Balaban J connectivity index is 2.34. The zero-order valence-corrected chi connectivity index (χ0v) is 13.3. The van der Waals surface area contributed by atoms with Crippen molar-refractivity contribution in [2.45, 2.75) is 24.5 Å². The van der Waals surface area contributed by atoms with Gasteiger partial charge < -0.3 is 5.73 Å². The molecule has 0 aromatic heterocycles. The predicted octanol–water partition coefficient (Wildman–Crippen LogP) is 3.96. The first-order valence-corrected chi connectivity index (χ1v) is 8.08. The van der Waals surface area contributed by atoms with Gasteiger partial charge in [0.05, 0.1) is 16.6 Å². The normalized spacial score (nSPS) is 12.4. The van der Waals surface area contributed by atoms with Crippen molar-refractivity contribution in [1.29, 1.82) is 0 Å². The van der Waals surface area contributed by atoms with Crippen molar-refractivity contribution >= 4 is 32.4 Å². The Morgan fingerprint density at radius 1 is 1.21 bits per heavy atom. The van der Waals surface area contributed by atoms with Gasteiger partial charge in [-0.05, 0) is 43.2 Å². The number of rotatable bonds is 3. The SMILES string of the molecule is Cc1ccc(C)c(S(=O)Cc2c(N)cccc2Br)c1. The van der Waals surface area contributed by atoms with Crippen molar-refractivity contribution < 1.29 is 4.21 Å². The Morgan fingerprint density at radius 3 is 2.63 bits per heavy atom. The summed E-state index contributed by atoms with van der Waals surface area (Å²) in [4.78, 5) is 0.884. The van der Waals surface area contributed by atoms with Gasteiger partial charge in [0.15, 0.2) is 0 Å². The highest BCUT2D eigenvalue weighted by Crippen LogP contribution is 2.26. The molecular formula is C15H16BrNOS. The molecule has 0 bridgehead atoms. The molecule has 2 aromatic carbocycles. The molecule has 0 aliphatic heterocycles. The summed E-state index contributed by atoms with van der Waals surface area (Å²) >= 11 is 3.47. The van der Waals surface area contributed by atoms with Gasteiger partial charge in [-0.3, -0.25) is 4.21 Å². The first-order chi connectivity index (χ1) is 8.99. The summed E-state index contributed by atoms with van der Waals surface area (Å²) < 4.78 is 13.4. The Labute approximate surface area is 124 Å². The van der Waals surface area contributed by atoms with Crippen LogP contribution in [0.3, 0.4) is 0 Å². The van der Waals surface area contributed by atoms with Gasteiger partial charge in [0.2, 0.25) is 0 Å². The van der Waals surface area contributed by atoms with Crippen molar-refractivity contribution in [2.75, 3.05) is 5.73 Å². The van der Waals surface area contributed by atoms with Gasteiger partial charge in [0.25, 0.3) is 0 Å². The number of aryl methyl sites for hydroxylation is 2. The summed E-state index contributed by atoms with van der Waals surface area (Å²) in [6, 6.07) is 11.7. The molecule has 1 unspecified atom stereocenters. The number of halogens is 1. The van der Waals surface area contributed by atoms with E-state index in [2.05, 4.69) is 15.9 Å². The fourth-order valence-electron chi connectivity index (χ4n) is 1.89. The highest BCUT2D eigenvalue weighted by atomic mass is 79.9. The number of nitrogens with two attached hydrogens (primary N) is 1. The van der Waals surface area contributed by atoms with Crippen molar-refractivity contribution in [3.8, 4) is 0 Å². The van der Waals surface area contributed by atoms with E-state index in [1.165, 1.54) is 0 Å². The molecule has 2 aromatic rings. The van der Waals surface area contributed by atoms with E-state index < -0.39 is 10.8 Å². The topological polar surface area (TPSA) is 43.1 Å². The van der Waals surface area contributed by atoms with Crippen LogP contribution in [-0.2, 0) is 16.6 Å². The third kappa shape index (κ3) is 3.25. The number of hydrogen-bond donors (Lipinski definition) is 1. The summed E-state index contributed by atoms with van der Waals surface area (Å²) in [5, 5.41) is 0. The molecule has 4 heteroatoms. The van der Waals surface area contributed by atoms with E-state index >= 15 is 0 Å². The van der Waals surface area contributed by atoms with E-state index in [-0.39, 0.29) is 0 Å². The third-order valence-corrected chi connectivity index (χ3v) is 5.24. The number of anilines is 1. The second kappa shape index (κ2) is 5.88. The zero-order chi connectivity index (χ0) is 14.0. The fraction of sp³-hybridized carbons (Fsp3) is 0.200. The van der Waals surface area contributed by atoms with E-state index in [1.54, 1.807) is 0 Å². The molecule has 0 saturated carbocycles. The van der Waals surface area contributed by atoms with Crippen LogP contribution in [0.4, 0.5) is 5.69 Å². The standard InChI is InChI=1S/C15H16BrNOS/c1-10-6-7-11(2)15(8-10)19(18)9-12-13(16)4-3-5-14(12)17/h3-8H,9,17H2,1-2H3. The van der Waals surface area contributed by atoms with Crippen LogP contribution in [0.1, 0.15) is 16.7 Å². The van der Waals surface area contributed by atoms with Crippen LogP contribution in [0.15, 0.2) is 45.8 Å². The van der Waals surface area contributed by atoms with Gasteiger partial charge in [-0.2, -0.15) is 0 Å². The summed E-state index contributed by atoms with van der Waals surface area (Å²) in [7, 11) is -1.09. The highest BCUT2D eigenvalue weighted by molar-refractivity contribution is 9.10. The molecule has 0 radical (unpaired) electrons. The monoisotopic (exact) mass is 337 g/mol. The van der Waals surface area contributed by atoms with E-state index in [0.29, 0.717) is 11.4 Å². The van der Waals surface area contributed by atoms with Crippen LogP contribution in [0.25, 0.3) is 0 Å². The molecule has 0 amide bonds. The largest absolute Gasteiger partial charge is 0.398 e. The van der Waals surface area contributed by atoms with Crippen molar-refractivity contribution in [1.82, 2.24) is 0 Å². The molecule has 0 saturated heterocycles. The molecule has 2 nitrogen and oxygen atoms in total. The van der Waals surface area contributed by atoms with Gasteiger partial charge in [-0.1, -0.05) is 34.1 Å². The lowest BCUT2D eigenvalue weighted by Crippen LogP contribution is -2.03. The highest BCUT2D eigenvalue weighted by Gasteiger charge is 2.12. The Morgan fingerprint density at radius 2 is 1.95 bits per heavy atom. The molecule has 0 fully saturated rings. The molecular weight excluding hydrogens is 322 g/mol. The molecule has 100 valence electrons. The Hall–Kier alpha value is -1.13. The van der Waals surface area contributed by atoms with Gasteiger partial charge in [0.1, 0.15) is 0 Å². The second-order valence-corrected chi connectivity index (χ2v) is 6.84. The van der Waals surface area contributed by atoms with Crippen LogP contribution in [0.2, 0.25) is 0 Å². The lowest BCUT2D eigenvalue weighted by atomic mass is 10.2. The maximum absolute atomic E-state index is 12.5. The van der Waals surface area contributed by atoms with Gasteiger partial charge in [-0.15, -0.1) is 0 Å². The summed E-state index contributed by atoms with van der Waals surface area (Å²) in [5.74, 6) is 0.428. The number of hydrogen-bond acceptors (Lipinski definition) is 2. The lowest BCUT2D eigenvalue weighted by Gasteiger charge is -2.10. The van der Waals surface area contributed by atoms with E-state index in [0.717, 1.165) is 26.1 Å². The second-order valence-electron chi connectivity index (χ2n) is 4.57. The molecule has 0 heterocycles. The molecule has 0 spiro atoms. The number of nitrogen functional groups attached to an aromatic ring is 1. The van der Waals surface area contributed by atoms with Crippen LogP contribution < -0.4 is 5.73 Å². The fourth-order valence-corrected chi connectivity index (χ4v) is 4.08. The lowest BCUT2D eigenvalue weighted by molar-refractivity contribution is 0.682. The Bertz CT molecular complexity index is 620. The molecule has 1 atom stereocenters. The minimum Gasteiger partial charge on any atom is -0.398 e. The van der Waals surface area contributed by atoms with E-state index in [4.69, 9.17) is 5.73 Å². The number of benzene rings is 2. The minimum atomic E-state index is -1.09. The van der Waals surface area contributed by atoms with Crippen LogP contribution in [0.5, 0.6) is 0 Å². The average molecular weight is 338 g/mol. The summed E-state index contributed by atoms with van der Waals surface area (Å²) in [5.41, 5.74) is 9.70. The van der Waals surface area contributed by atoms with Crippen molar-refractivity contribution in [3.05, 3.63) is 57.6 Å². The van der Waals surface area contributed by atoms with Crippen molar-refractivity contribution in [3.63, 3.8) is 0 Å². The van der Waals surface area contributed by atoms with Crippen molar-refractivity contribution in [2.24, 2.45) is 0 Å². The van der Waals surface area contributed by atoms with Gasteiger partial charge in [0, 0.05) is 20.6 Å². The molecule has 19 heavy (non-hydrogen) atoms. The quantitative estimate of drug-likeness (QED) is 0.861. The summed E-state index contributed by atoms with van der Waals surface area (Å²) in [6.45, 7) is 3.99. The first kappa shape index (κ1) is 14.3. The Kier molecular flexibility index (Phi) is 4.42. The van der Waals surface area contributed by atoms with Gasteiger partial charge in [-0.25, -0.2) is 0 Å². The van der Waals surface area contributed by atoms with E-state index in [1.807, 2.05) is 50.2 Å². The average Bonchev–Trinajstić information content (AvgIpc) is 2.37. The van der Waals surface area contributed by atoms with Crippen LogP contribution >= 0.6 is 15.9 Å².